The van der Waals surface area contributed by atoms with Gasteiger partial charge in [0, 0.05) is 24.4 Å². The Morgan fingerprint density at radius 1 is 1.23 bits per heavy atom. The normalized spacial score (nSPS) is 13.4. The highest BCUT2D eigenvalue weighted by Crippen LogP contribution is 2.33. The van der Waals surface area contributed by atoms with Crippen molar-refractivity contribution in [3.63, 3.8) is 0 Å². The second-order valence-electron chi connectivity index (χ2n) is 7.18. The Morgan fingerprint density at radius 2 is 2.00 bits per heavy atom. The molecule has 0 aliphatic heterocycles. The molecule has 0 fully saturated rings. The molecule has 0 radical (unpaired) electrons. The Bertz CT molecular complexity index is 1110. The van der Waals surface area contributed by atoms with Crippen molar-refractivity contribution >= 4 is 27.5 Å². The fourth-order valence-corrected chi connectivity index (χ4v) is 4.86. The summed E-state index contributed by atoms with van der Waals surface area (Å²) in [5.74, 6) is -0.139. The van der Waals surface area contributed by atoms with E-state index < -0.39 is 6.61 Å². The van der Waals surface area contributed by atoms with E-state index in [9.17, 15) is 18.4 Å². The number of alkyl halides is 2. The van der Waals surface area contributed by atoms with E-state index in [0.717, 1.165) is 41.6 Å². The van der Waals surface area contributed by atoms with Crippen molar-refractivity contribution in [2.24, 2.45) is 0 Å². The molecule has 9 heteroatoms. The van der Waals surface area contributed by atoms with E-state index in [0.29, 0.717) is 5.39 Å². The summed E-state index contributed by atoms with van der Waals surface area (Å²) in [5, 5.41) is 3.48. The molecule has 6 nitrogen and oxygen atoms in total. The van der Waals surface area contributed by atoms with Crippen LogP contribution in [0.4, 0.5) is 8.78 Å². The molecular weight excluding hydrogens is 412 g/mol. The first kappa shape index (κ1) is 20.5. The monoisotopic (exact) mass is 433 g/mol. The summed E-state index contributed by atoms with van der Waals surface area (Å²) in [6, 6.07) is 6.07. The van der Waals surface area contributed by atoms with E-state index in [2.05, 4.69) is 15.0 Å². The molecule has 2 aromatic heterocycles. The van der Waals surface area contributed by atoms with E-state index in [-0.39, 0.29) is 36.7 Å². The van der Waals surface area contributed by atoms with Crippen LogP contribution in [-0.4, -0.2) is 22.1 Å². The van der Waals surface area contributed by atoms with Crippen molar-refractivity contribution in [2.45, 2.75) is 51.8 Å². The van der Waals surface area contributed by atoms with Crippen LogP contribution in [0.3, 0.4) is 0 Å². The number of hydrogen-bond acceptors (Lipinski definition) is 5. The van der Waals surface area contributed by atoms with Gasteiger partial charge in [-0.15, -0.1) is 11.3 Å². The highest BCUT2D eigenvalue weighted by atomic mass is 32.1. The van der Waals surface area contributed by atoms with Crippen LogP contribution in [0, 0.1) is 0 Å². The van der Waals surface area contributed by atoms with Gasteiger partial charge >= 0.3 is 6.61 Å². The topological polar surface area (TPSA) is 73.2 Å². The summed E-state index contributed by atoms with van der Waals surface area (Å²) in [5.41, 5.74) is 1.81. The number of carbonyl (C=O) groups excluding carboxylic acids is 1. The number of fused-ring (bicyclic) bond motifs is 3. The molecule has 1 aliphatic rings. The van der Waals surface area contributed by atoms with E-state index in [1.165, 1.54) is 27.9 Å². The van der Waals surface area contributed by atoms with Crippen molar-refractivity contribution in [2.75, 3.05) is 0 Å². The average Bonchev–Trinajstić information content (AvgIpc) is 3.12. The maximum Gasteiger partial charge on any atom is 0.387 e. The minimum absolute atomic E-state index is 0.0676. The summed E-state index contributed by atoms with van der Waals surface area (Å²) in [4.78, 5) is 31.6. The average molecular weight is 433 g/mol. The van der Waals surface area contributed by atoms with E-state index in [4.69, 9.17) is 0 Å². The maximum atomic E-state index is 12.9. The molecule has 0 bridgehead atoms. The van der Waals surface area contributed by atoms with Crippen LogP contribution in [0.5, 0.6) is 5.75 Å². The van der Waals surface area contributed by atoms with Gasteiger partial charge in [0.2, 0.25) is 5.91 Å². The smallest absolute Gasteiger partial charge is 0.387 e. The molecule has 1 aliphatic carbocycles. The third-order valence-corrected chi connectivity index (χ3v) is 6.36. The Balaban J connectivity index is 1.35. The zero-order valence-corrected chi connectivity index (χ0v) is 17.0. The molecule has 1 N–H and O–H groups in total. The van der Waals surface area contributed by atoms with Crippen LogP contribution in [0.15, 0.2) is 35.4 Å². The summed E-state index contributed by atoms with van der Waals surface area (Å²) in [6.07, 6.45) is 5.82. The standard InChI is InChI=1S/C21H21F2N3O3S/c22-21(23)29-14-7-5-13(6-8-14)11-24-17(27)9-10-26-12-25-19-18(20(26)28)15-3-1-2-4-16(15)30-19/h5-8,12,21H,1-4,9-11H2,(H,24,27). The number of nitrogens with one attached hydrogen (secondary N) is 1. The van der Waals surface area contributed by atoms with Gasteiger partial charge < -0.3 is 10.1 Å². The van der Waals surface area contributed by atoms with Crippen LogP contribution < -0.4 is 15.6 Å². The zero-order chi connectivity index (χ0) is 21.1. The van der Waals surface area contributed by atoms with Crippen molar-refractivity contribution in [3.05, 3.63) is 57.0 Å². The predicted molar refractivity (Wildman–Crippen MR) is 110 cm³/mol. The molecule has 0 unspecified atom stereocenters. The van der Waals surface area contributed by atoms with Crippen molar-refractivity contribution in [1.29, 1.82) is 0 Å². The predicted octanol–water partition coefficient (Wildman–Crippen LogP) is 3.64. The fourth-order valence-electron chi connectivity index (χ4n) is 3.64. The number of thiophene rings is 1. The Labute approximate surface area is 175 Å². The zero-order valence-electron chi connectivity index (χ0n) is 16.2. The Kier molecular flexibility index (Phi) is 6.08. The third kappa shape index (κ3) is 4.51. The minimum atomic E-state index is -2.87. The highest BCUT2D eigenvalue weighted by Gasteiger charge is 2.20. The van der Waals surface area contributed by atoms with Gasteiger partial charge in [-0.3, -0.25) is 14.2 Å². The number of rotatable bonds is 7. The quantitative estimate of drug-likeness (QED) is 0.617. The highest BCUT2D eigenvalue weighted by molar-refractivity contribution is 7.18. The van der Waals surface area contributed by atoms with Crippen molar-refractivity contribution in [1.82, 2.24) is 14.9 Å². The lowest BCUT2D eigenvalue weighted by Crippen LogP contribution is -2.27. The molecule has 158 valence electrons. The SMILES string of the molecule is O=C(CCn1cnc2sc3c(c2c1=O)CCCC3)NCc1ccc(OC(F)F)cc1. The van der Waals surface area contributed by atoms with Gasteiger partial charge in [0.05, 0.1) is 11.7 Å². The fraction of sp³-hybridized carbons (Fsp3) is 0.381. The number of nitrogens with zero attached hydrogens (tertiary/aromatic N) is 2. The number of halogens is 2. The van der Waals surface area contributed by atoms with Crippen LogP contribution >= 0.6 is 11.3 Å². The number of aryl methyl sites for hydroxylation is 3. The first-order chi connectivity index (χ1) is 14.5. The second-order valence-corrected chi connectivity index (χ2v) is 8.27. The summed E-state index contributed by atoms with van der Waals surface area (Å²) < 4.78 is 30.1. The summed E-state index contributed by atoms with van der Waals surface area (Å²) in [6.45, 7) is -2.36. The number of benzene rings is 1. The first-order valence-electron chi connectivity index (χ1n) is 9.81. The van der Waals surface area contributed by atoms with Gasteiger partial charge in [-0.05, 0) is 48.9 Å². The molecule has 0 atom stereocenters. The van der Waals surface area contributed by atoms with Crippen molar-refractivity contribution in [3.8, 4) is 5.75 Å². The van der Waals surface area contributed by atoms with Crippen LogP contribution in [-0.2, 0) is 30.7 Å². The number of hydrogen-bond donors (Lipinski definition) is 1. The molecule has 0 saturated carbocycles. The van der Waals surface area contributed by atoms with E-state index >= 15 is 0 Å². The van der Waals surface area contributed by atoms with Gasteiger partial charge in [-0.2, -0.15) is 8.78 Å². The van der Waals surface area contributed by atoms with Crippen LogP contribution in [0.1, 0.15) is 35.3 Å². The molecule has 0 spiro atoms. The largest absolute Gasteiger partial charge is 0.435 e. The van der Waals surface area contributed by atoms with Crippen LogP contribution in [0.25, 0.3) is 10.2 Å². The third-order valence-electron chi connectivity index (χ3n) is 5.16. The van der Waals surface area contributed by atoms with Crippen molar-refractivity contribution < 1.29 is 18.3 Å². The van der Waals surface area contributed by atoms with Gasteiger partial charge in [0.25, 0.3) is 5.56 Å². The molecule has 1 aromatic carbocycles. The molecule has 3 aromatic rings. The number of carbonyl (C=O) groups is 1. The maximum absolute atomic E-state index is 12.9. The molecule has 1 amide bonds. The Hall–Kier alpha value is -2.81. The number of aromatic nitrogens is 2. The summed E-state index contributed by atoms with van der Waals surface area (Å²) in [7, 11) is 0. The second kappa shape index (κ2) is 8.91. The molecular formula is C21H21F2N3O3S. The van der Waals surface area contributed by atoms with E-state index in [1.54, 1.807) is 23.5 Å². The van der Waals surface area contributed by atoms with E-state index in [1.807, 2.05) is 0 Å². The number of ether oxygens (including phenoxy) is 1. The minimum Gasteiger partial charge on any atom is -0.435 e. The Morgan fingerprint density at radius 3 is 2.77 bits per heavy atom. The van der Waals surface area contributed by atoms with Gasteiger partial charge in [-0.1, -0.05) is 12.1 Å². The first-order valence-corrected chi connectivity index (χ1v) is 10.6. The lowest BCUT2D eigenvalue weighted by molar-refractivity contribution is -0.121. The molecule has 0 saturated heterocycles. The summed E-state index contributed by atoms with van der Waals surface area (Å²) >= 11 is 1.60. The lowest BCUT2D eigenvalue weighted by atomic mass is 9.97. The number of amides is 1. The van der Waals surface area contributed by atoms with Crippen LogP contribution in [0.2, 0.25) is 0 Å². The van der Waals surface area contributed by atoms with Gasteiger partial charge in [0.15, 0.2) is 0 Å². The lowest BCUT2D eigenvalue weighted by Gasteiger charge is -2.11. The molecule has 30 heavy (non-hydrogen) atoms. The van der Waals surface area contributed by atoms with Gasteiger partial charge in [-0.25, -0.2) is 4.98 Å². The van der Waals surface area contributed by atoms with Gasteiger partial charge in [0.1, 0.15) is 10.6 Å². The molecule has 2 heterocycles. The molecule has 4 rings (SSSR count).